The van der Waals surface area contributed by atoms with E-state index in [2.05, 4.69) is 24.1 Å². The van der Waals surface area contributed by atoms with Crippen LogP contribution in [0.15, 0.2) is 53.3 Å². The molecule has 1 aromatic heterocycles. The summed E-state index contributed by atoms with van der Waals surface area (Å²) in [5.41, 5.74) is 1.55. The van der Waals surface area contributed by atoms with Crippen molar-refractivity contribution in [2.24, 2.45) is 5.41 Å². The van der Waals surface area contributed by atoms with E-state index in [9.17, 15) is 9.59 Å². The molecule has 2 aromatic carbocycles. The van der Waals surface area contributed by atoms with Gasteiger partial charge in [-0.3, -0.25) is 9.59 Å². The molecule has 27 heavy (non-hydrogen) atoms. The minimum absolute atomic E-state index is 0.00461. The number of rotatable bonds is 6. The van der Waals surface area contributed by atoms with Crippen LogP contribution in [0.1, 0.15) is 13.8 Å². The van der Waals surface area contributed by atoms with Crippen LogP contribution in [0.25, 0.3) is 21.8 Å². The van der Waals surface area contributed by atoms with Gasteiger partial charge in [-0.1, -0.05) is 38.1 Å². The van der Waals surface area contributed by atoms with Gasteiger partial charge in [0.2, 0.25) is 5.91 Å². The zero-order valence-corrected chi connectivity index (χ0v) is 16.5. The van der Waals surface area contributed by atoms with E-state index in [0.29, 0.717) is 17.3 Å². The van der Waals surface area contributed by atoms with Crippen molar-refractivity contribution in [1.29, 1.82) is 0 Å². The molecule has 1 amide bonds. The highest BCUT2D eigenvalue weighted by Crippen LogP contribution is 2.19. The van der Waals surface area contributed by atoms with Gasteiger partial charge in [0, 0.05) is 23.9 Å². The molecule has 0 spiro atoms. The molecule has 5 nitrogen and oxygen atoms in total. The van der Waals surface area contributed by atoms with Gasteiger partial charge in [-0.2, -0.15) is 0 Å². The molecular formula is C22H27N3O2. The summed E-state index contributed by atoms with van der Waals surface area (Å²) >= 11 is 0. The molecule has 0 unspecified atom stereocenters. The maximum absolute atomic E-state index is 12.8. The monoisotopic (exact) mass is 365 g/mol. The highest BCUT2D eigenvalue weighted by Gasteiger charge is 2.20. The molecule has 0 aliphatic rings. The van der Waals surface area contributed by atoms with Crippen LogP contribution in [0.4, 0.5) is 0 Å². The smallest absolute Gasteiger partial charge is 0.239 e. The molecule has 3 aromatic rings. The Labute approximate surface area is 159 Å². The number of hydrogen-bond acceptors (Lipinski definition) is 3. The van der Waals surface area contributed by atoms with Crippen LogP contribution in [-0.2, 0) is 11.3 Å². The Kier molecular flexibility index (Phi) is 5.33. The largest absolute Gasteiger partial charge is 0.354 e. The van der Waals surface area contributed by atoms with E-state index in [4.69, 9.17) is 0 Å². The van der Waals surface area contributed by atoms with Gasteiger partial charge in [-0.05, 0) is 43.8 Å². The summed E-state index contributed by atoms with van der Waals surface area (Å²) in [6, 6.07) is 14.9. The highest BCUT2D eigenvalue weighted by molar-refractivity contribution is 5.94. The first-order valence-corrected chi connectivity index (χ1v) is 9.20. The predicted octanol–water partition coefficient (Wildman–Crippen LogP) is 2.86. The van der Waals surface area contributed by atoms with Crippen LogP contribution < -0.4 is 10.7 Å². The zero-order valence-electron chi connectivity index (χ0n) is 16.5. The summed E-state index contributed by atoms with van der Waals surface area (Å²) < 4.78 is 1.93. The molecule has 0 saturated heterocycles. The SMILES string of the molecule is CN(C)CC(C)(C)CNC(=O)Cn1c2ccccc2c(=O)c2ccccc21. The summed E-state index contributed by atoms with van der Waals surface area (Å²) in [5.74, 6) is -0.0548. The van der Waals surface area contributed by atoms with Crippen molar-refractivity contribution in [3.63, 3.8) is 0 Å². The molecule has 0 aliphatic heterocycles. The van der Waals surface area contributed by atoms with Crippen molar-refractivity contribution in [3.05, 3.63) is 58.8 Å². The van der Waals surface area contributed by atoms with Gasteiger partial charge in [0.05, 0.1) is 11.0 Å². The fourth-order valence-electron chi connectivity index (χ4n) is 3.70. The minimum Gasteiger partial charge on any atom is -0.354 e. The van der Waals surface area contributed by atoms with Crippen LogP contribution in [0.5, 0.6) is 0 Å². The van der Waals surface area contributed by atoms with Crippen molar-refractivity contribution in [2.45, 2.75) is 20.4 Å². The lowest BCUT2D eigenvalue weighted by atomic mass is 9.93. The van der Waals surface area contributed by atoms with E-state index >= 15 is 0 Å². The number of amides is 1. The van der Waals surface area contributed by atoms with E-state index < -0.39 is 0 Å². The first-order valence-electron chi connectivity index (χ1n) is 9.20. The van der Waals surface area contributed by atoms with Gasteiger partial charge in [0.25, 0.3) is 0 Å². The number of carbonyl (C=O) groups is 1. The molecule has 0 saturated carbocycles. The Morgan fingerprint density at radius 3 is 2.04 bits per heavy atom. The minimum atomic E-state index is -0.0548. The van der Waals surface area contributed by atoms with Gasteiger partial charge in [0.1, 0.15) is 6.54 Å². The number of carbonyl (C=O) groups excluding carboxylic acids is 1. The third-order valence-corrected chi connectivity index (χ3v) is 4.69. The molecule has 0 aliphatic carbocycles. The van der Waals surface area contributed by atoms with E-state index in [1.165, 1.54) is 0 Å². The Morgan fingerprint density at radius 1 is 1.00 bits per heavy atom. The number of nitrogens with zero attached hydrogens (tertiary/aromatic N) is 2. The number of benzene rings is 2. The lowest BCUT2D eigenvalue weighted by Gasteiger charge is -2.28. The van der Waals surface area contributed by atoms with Gasteiger partial charge >= 0.3 is 0 Å². The molecule has 1 heterocycles. The topological polar surface area (TPSA) is 54.3 Å². The molecule has 3 rings (SSSR count). The Morgan fingerprint density at radius 2 is 1.52 bits per heavy atom. The predicted molar refractivity (Wildman–Crippen MR) is 111 cm³/mol. The standard InChI is InChI=1S/C22H27N3O2/c1-22(2,15-24(3)4)14-23-20(26)13-25-18-11-7-5-9-16(18)21(27)17-10-6-8-12-19(17)25/h5-12H,13-15H2,1-4H3,(H,23,26). The Balaban J connectivity index is 1.93. The molecular weight excluding hydrogens is 338 g/mol. The number of para-hydroxylation sites is 2. The maximum atomic E-state index is 12.8. The van der Waals surface area contributed by atoms with Gasteiger partial charge in [0.15, 0.2) is 5.43 Å². The van der Waals surface area contributed by atoms with Crippen LogP contribution in [0, 0.1) is 5.41 Å². The summed E-state index contributed by atoms with van der Waals surface area (Å²) in [5, 5.41) is 4.33. The number of hydrogen-bond donors (Lipinski definition) is 1. The second kappa shape index (κ2) is 7.53. The Hall–Kier alpha value is -2.66. The first kappa shape index (κ1) is 19.1. The van der Waals surface area contributed by atoms with Gasteiger partial charge in [-0.25, -0.2) is 0 Å². The summed E-state index contributed by atoms with van der Waals surface area (Å²) in [4.78, 5) is 27.6. The summed E-state index contributed by atoms with van der Waals surface area (Å²) in [6.45, 7) is 5.94. The number of aromatic nitrogens is 1. The molecule has 0 atom stereocenters. The van der Waals surface area contributed by atoms with E-state index in [1.807, 2.05) is 67.2 Å². The van der Waals surface area contributed by atoms with Crippen molar-refractivity contribution >= 4 is 27.7 Å². The van der Waals surface area contributed by atoms with Crippen LogP contribution in [-0.4, -0.2) is 42.6 Å². The fraction of sp³-hybridized carbons (Fsp3) is 0.364. The maximum Gasteiger partial charge on any atom is 0.239 e. The lowest BCUT2D eigenvalue weighted by Crippen LogP contribution is -2.41. The van der Waals surface area contributed by atoms with Crippen molar-refractivity contribution < 1.29 is 4.79 Å². The van der Waals surface area contributed by atoms with Gasteiger partial charge < -0.3 is 14.8 Å². The molecule has 142 valence electrons. The zero-order chi connectivity index (χ0) is 19.6. The van der Waals surface area contributed by atoms with E-state index in [-0.39, 0.29) is 23.3 Å². The van der Waals surface area contributed by atoms with E-state index in [0.717, 1.165) is 17.6 Å². The number of nitrogens with one attached hydrogen (secondary N) is 1. The third-order valence-electron chi connectivity index (χ3n) is 4.69. The van der Waals surface area contributed by atoms with Crippen LogP contribution in [0.2, 0.25) is 0 Å². The lowest BCUT2D eigenvalue weighted by molar-refractivity contribution is -0.122. The Bertz CT molecular complexity index is 975. The second-order valence-electron chi connectivity index (χ2n) is 8.13. The molecule has 5 heteroatoms. The summed E-state index contributed by atoms with van der Waals surface area (Å²) in [7, 11) is 4.06. The number of fused-ring (bicyclic) bond motifs is 2. The van der Waals surface area contributed by atoms with Crippen molar-refractivity contribution in [1.82, 2.24) is 14.8 Å². The van der Waals surface area contributed by atoms with Crippen LogP contribution in [0.3, 0.4) is 0 Å². The highest BCUT2D eigenvalue weighted by atomic mass is 16.2. The first-order chi connectivity index (χ1) is 12.8. The second-order valence-corrected chi connectivity index (χ2v) is 8.13. The van der Waals surface area contributed by atoms with Crippen molar-refractivity contribution in [3.8, 4) is 0 Å². The fourth-order valence-corrected chi connectivity index (χ4v) is 3.70. The third kappa shape index (κ3) is 4.19. The molecule has 1 N–H and O–H groups in total. The van der Waals surface area contributed by atoms with Crippen LogP contribution >= 0.6 is 0 Å². The summed E-state index contributed by atoms with van der Waals surface area (Å²) in [6.07, 6.45) is 0. The average Bonchev–Trinajstić information content (AvgIpc) is 2.62. The molecule has 0 bridgehead atoms. The van der Waals surface area contributed by atoms with Crippen molar-refractivity contribution in [2.75, 3.05) is 27.2 Å². The normalized spacial score (nSPS) is 12.0. The van der Waals surface area contributed by atoms with Gasteiger partial charge in [-0.15, -0.1) is 0 Å². The molecule has 0 radical (unpaired) electrons. The number of pyridine rings is 1. The molecule has 0 fully saturated rings. The van der Waals surface area contributed by atoms with E-state index in [1.54, 1.807) is 0 Å². The quantitative estimate of drug-likeness (QED) is 0.684. The average molecular weight is 365 g/mol.